The van der Waals surface area contributed by atoms with E-state index in [1.165, 1.54) is 4.52 Å². The molecule has 0 unspecified atom stereocenters. The summed E-state index contributed by atoms with van der Waals surface area (Å²) in [5.74, 6) is 5.79. The molecule has 6 aromatic rings. The summed E-state index contributed by atoms with van der Waals surface area (Å²) in [4.78, 5) is 31.8. The summed E-state index contributed by atoms with van der Waals surface area (Å²) in [6, 6.07) is 19.7. The van der Waals surface area contributed by atoms with E-state index in [0.29, 0.717) is 39.1 Å². The number of amides is 1. The van der Waals surface area contributed by atoms with Gasteiger partial charge in [0.25, 0.3) is 11.5 Å². The van der Waals surface area contributed by atoms with E-state index in [9.17, 15) is 9.59 Å². The van der Waals surface area contributed by atoms with Crippen LogP contribution >= 0.6 is 0 Å². The van der Waals surface area contributed by atoms with Crippen LogP contribution < -0.4 is 16.6 Å². The van der Waals surface area contributed by atoms with Crippen LogP contribution in [0.3, 0.4) is 0 Å². The van der Waals surface area contributed by atoms with E-state index in [-0.39, 0.29) is 16.9 Å². The third kappa shape index (κ3) is 4.35. The van der Waals surface area contributed by atoms with Gasteiger partial charge in [-0.1, -0.05) is 36.3 Å². The Morgan fingerprint density at radius 2 is 1.82 bits per heavy atom. The van der Waals surface area contributed by atoms with Crippen LogP contribution in [-0.4, -0.2) is 34.9 Å². The number of nitrogens with one attached hydrogen (secondary N) is 1. The normalized spacial score (nSPS) is 11.8. The monoisotopic (exact) mass is 528 g/mol. The predicted octanol–water partition coefficient (Wildman–Crippen LogP) is 3.24. The molecule has 1 amide bonds. The Bertz CT molecular complexity index is 2030. The zero-order valence-electron chi connectivity index (χ0n) is 21.7. The highest BCUT2D eigenvalue weighted by molar-refractivity contribution is 6.04. The molecule has 2 aromatic carbocycles. The zero-order chi connectivity index (χ0) is 27.8. The van der Waals surface area contributed by atoms with Crippen LogP contribution in [0.1, 0.15) is 40.3 Å². The van der Waals surface area contributed by atoms with Gasteiger partial charge in [-0.3, -0.25) is 18.8 Å². The third-order valence-corrected chi connectivity index (χ3v) is 6.57. The summed E-state index contributed by atoms with van der Waals surface area (Å²) >= 11 is 0. The van der Waals surface area contributed by atoms with E-state index in [1.54, 1.807) is 27.7 Å². The number of nitrogen functional groups attached to an aromatic ring is 1. The lowest BCUT2D eigenvalue weighted by molar-refractivity contribution is 0.0941. The molecule has 0 aliphatic rings. The number of aryl methyl sites for hydroxylation is 1. The molecular weight excluding hydrogens is 504 g/mol. The van der Waals surface area contributed by atoms with Crippen molar-refractivity contribution in [1.29, 1.82) is 0 Å². The maximum Gasteiger partial charge on any atom is 0.264 e. The van der Waals surface area contributed by atoms with E-state index in [2.05, 4.69) is 32.3 Å². The number of hydrogen-bond donors (Lipinski definition) is 2. The summed E-state index contributed by atoms with van der Waals surface area (Å²) in [6.07, 6.45) is 5.05. The van der Waals surface area contributed by atoms with Gasteiger partial charge < -0.3 is 11.1 Å². The van der Waals surface area contributed by atoms with Crippen molar-refractivity contribution in [3.05, 3.63) is 118 Å². The van der Waals surface area contributed by atoms with Gasteiger partial charge in [0.2, 0.25) is 0 Å². The fourth-order valence-electron chi connectivity index (χ4n) is 4.73. The van der Waals surface area contributed by atoms with Gasteiger partial charge in [-0.25, -0.2) is 9.50 Å². The number of carbonyl (C=O) groups is 1. The first kappa shape index (κ1) is 24.6. The highest BCUT2D eigenvalue weighted by Crippen LogP contribution is 2.24. The standard InChI is InChI=1S/C30H24N8O2/c1-19(33-29(39)26-27(31)35-37-16-7-15-32-28(26)37)24-18-21-9-6-8-20(12-13-22-14-17-36(2)34-22)25(21)30(40)38(24)23-10-4-3-5-11-23/h3-11,14-19H,1-2H3,(H2,31,35)(H,33,39)/t19-/m1/s1. The number of fused-ring (bicyclic) bond motifs is 2. The quantitative estimate of drug-likeness (QED) is 0.339. The van der Waals surface area contributed by atoms with Gasteiger partial charge in [0.05, 0.1) is 11.4 Å². The lowest BCUT2D eigenvalue weighted by Gasteiger charge is -2.21. The van der Waals surface area contributed by atoms with Crippen LogP contribution in [0.15, 0.2) is 90.1 Å². The first-order valence-electron chi connectivity index (χ1n) is 12.6. The lowest BCUT2D eigenvalue weighted by Crippen LogP contribution is -2.32. The molecule has 0 aliphatic heterocycles. The number of anilines is 1. The second-order valence-electron chi connectivity index (χ2n) is 9.28. The minimum absolute atomic E-state index is 0.0680. The lowest BCUT2D eigenvalue weighted by atomic mass is 10.0. The van der Waals surface area contributed by atoms with Crippen LogP contribution in [0.4, 0.5) is 5.82 Å². The van der Waals surface area contributed by atoms with E-state index in [4.69, 9.17) is 5.73 Å². The largest absolute Gasteiger partial charge is 0.381 e. The number of para-hydroxylation sites is 1. The van der Waals surface area contributed by atoms with Gasteiger partial charge >= 0.3 is 0 Å². The second kappa shape index (κ2) is 9.89. The van der Waals surface area contributed by atoms with Crippen LogP contribution in [0.2, 0.25) is 0 Å². The Morgan fingerprint density at radius 1 is 1.00 bits per heavy atom. The maximum atomic E-state index is 14.2. The van der Waals surface area contributed by atoms with Crippen molar-refractivity contribution in [3.63, 3.8) is 0 Å². The van der Waals surface area contributed by atoms with Crippen molar-refractivity contribution in [2.45, 2.75) is 13.0 Å². The minimum atomic E-state index is -0.578. The van der Waals surface area contributed by atoms with E-state index < -0.39 is 11.9 Å². The molecule has 0 spiro atoms. The van der Waals surface area contributed by atoms with Crippen molar-refractivity contribution in [2.75, 3.05) is 5.73 Å². The molecule has 196 valence electrons. The summed E-state index contributed by atoms with van der Waals surface area (Å²) < 4.78 is 4.74. The Balaban J connectivity index is 1.48. The summed E-state index contributed by atoms with van der Waals surface area (Å²) in [5, 5.41) is 12.7. The molecule has 3 N–H and O–H groups in total. The second-order valence-corrected chi connectivity index (χ2v) is 9.28. The molecule has 0 fully saturated rings. The molecule has 10 heteroatoms. The molecule has 0 bridgehead atoms. The number of nitrogens with zero attached hydrogens (tertiary/aromatic N) is 6. The smallest absolute Gasteiger partial charge is 0.264 e. The number of nitrogens with two attached hydrogens (primary N) is 1. The number of rotatable bonds is 4. The SMILES string of the molecule is C[C@@H](NC(=O)c1c(N)nn2cccnc12)c1cc2cccc(C#Cc3ccn(C)n3)c2c(=O)n1-c1ccccc1. The molecule has 0 saturated heterocycles. The van der Waals surface area contributed by atoms with Crippen LogP contribution in [-0.2, 0) is 7.05 Å². The van der Waals surface area contributed by atoms with Gasteiger partial charge in [-0.05, 0) is 54.6 Å². The molecular formula is C30H24N8O2. The fourth-order valence-corrected chi connectivity index (χ4v) is 4.73. The van der Waals surface area contributed by atoms with Crippen molar-refractivity contribution in [2.24, 2.45) is 7.05 Å². The van der Waals surface area contributed by atoms with Crippen molar-refractivity contribution in [3.8, 4) is 17.5 Å². The number of pyridine rings is 1. The maximum absolute atomic E-state index is 14.2. The van der Waals surface area contributed by atoms with Gasteiger partial charge in [0, 0.05) is 42.6 Å². The van der Waals surface area contributed by atoms with Crippen molar-refractivity contribution < 1.29 is 4.79 Å². The van der Waals surface area contributed by atoms with E-state index >= 15 is 0 Å². The molecule has 40 heavy (non-hydrogen) atoms. The summed E-state index contributed by atoms with van der Waals surface area (Å²) in [5.41, 5.74) is 8.80. The van der Waals surface area contributed by atoms with Crippen LogP contribution in [0.25, 0.3) is 22.1 Å². The minimum Gasteiger partial charge on any atom is -0.381 e. The molecule has 0 radical (unpaired) electrons. The Kier molecular flexibility index (Phi) is 6.09. The number of benzene rings is 2. The summed E-state index contributed by atoms with van der Waals surface area (Å²) in [7, 11) is 1.82. The molecule has 10 nitrogen and oxygen atoms in total. The van der Waals surface area contributed by atoms with Gasteiger partial charge in [-0.15, -0.1) is 5.10 Å². The molecule has 6 rings (SSSR count). The topological polar surface area (TPSA) is 125 Å². The van der Waals surface area contributed by atoms with E-state index in [1.807, 2.05) is 80.8 Å². The first-order valence-corrected chi connectivity index (χ1v) is 12.6. The zero-order valence-corrected chi connectivity index (χ0v) is 21.7. The van der Waals surface area contributed by atoms with Crippen molar-refractivity contribution in [1.82, 2.24) is 34.3 Å². The highest BCUT2D eigenvalue weighted by atomic mass is 16.2. The van der Waals surface area contributed by atoms with Crippen molar-refractivity contribution >= 4 is 28.1 Å². The fraction of sp³-hybridized carbons (Fsp3) is 0.100. The van der Waals surface area contributed by atoms with Gasteiger partial charge in [-0.2, -0.15) is 5.10 Å². The first-order chi connectivity index (χ1) is 19.4. The Hall–Kier alpha value is -5.69. The van der Waals surface area contributed by atoms with Crippen LogP contribution in [0.5, 0.6) is 0 Å². The molecule has 0 aliphatic carbocycles. The number of aromatic nitrogens is 6. The molecule has 4 aromatic heterocycles. The van der Waals surface area contributed by atoms with E-state index in [0.717, 1.165) is 0 Å². The molecule has 1 atom stereocenters. The molecule has 4 heterocycles. The van der Waals surface area contributed by atoms with Gasteiger partial charge in [0.1, 0.15) is 11.3 Å². The average Bonchev–Trinajstić information content (AvgIpc) is 3.53. The van der Waals surface area contributed by atoms with Crippen LogP contribution in [0, 0.1) is 11.8 Å². The third-order valence-electron chi connectivity index (χ3n) is 6.57. The number of hydrogen-bond acceptors (Lipinski definition) is 6. The predicted molar refractivity (Wildman–Crippen MR) is 152 cm³/mol. The summed E-state index contributed by atoms with van der Waals surface area (Å²) in [6.45, 7) is 1.82. The Labute approximate surface area is 228 Å². The average molecular weight is 529 g/mol. The number of carbonyl (C=O) groups excluding carboxylic acids is 1. The molecule has 0 saturated carbocycles. The Morgan fingerprint density at radius 3 is 2.60 bits per heavy atom. The van der Waals surface area contributed by atoms with Gasteiger partial charge in [0.15, 0.2) is 11.5 Å². The highest BCUT2D eigenvalue weighted by Gasteiger charge is 2.24.